The van der Waals surface area contributed by atoms with Crippen LogP contribution in [0.25, 0.3) is 6.08 Å². The van der Waals surface area contributed by atoms with Crippen LogP contribution in [-0.2, 0) is 25.6 Å². The number of piperidine rings is 1. The number of aliphatic carboxylic acids is 1. The van der Waals surface area contributed by atoms with Crippen LogP contribution in [0.1, 0.15) is 30.4 Å². The van der Waals surface area contributed by atoms with Crippen molar-refractivity contribution in [2.45, 2.75) is 43.0 Å². The molecule has 9 heteroatoms. The van der Waals surface area contributed by atoms with E-state index in [1.165, 1.54) is 6.08 Å². The van der Waals surface area contributed by atoms with E-state index in [1.807, 2.05) is 60.7 Å². The van der Waals surface area contributed by atoms with Crippen LogP contribution in [0.3, 0.4) is 0 Å². The van der Waals surface area contributed by atoms with Gasteiger partial charge in [-0.3, -0.25) is 19.2 Å². The van der Waals surface area contributed by atoms with E-state index in [9.17, 15) is 24.3 Å². The van der Waals surface area contributed by atoms with Gasteiger partial charge in [-0.1, -0.05) is 60.7 Å². The zero-order valence-corrected chi connectivity index (χ0v) is 20.7. The van der Waals surface area contributed by atoms with Crippen molar-refractivity contribution in [1.82, 2.24) is 16.0 Å². The van der Waals surface area contributed by atoms with Crippen molar-refractivity contribution in [3.05, 3.63) is 77.9 Å². The molecule has 1 aliphatic rings. The Morgan fingerprint density at radius 3 is 2.36 bits per heavy atom. The fraction of sp³-hybridized carbons (Fsp3) is 0.333. The quantitative estimate of drug-likeness (QED) is 0.235. The molecule has 1 aliphatic heterocycles. The molecule has 0 aromatic heterocycles. The third kappa shape index (κ3) is 8.27. The highest BCUT2D eigenvalue weighted by Crippen LogP contribution is 2.21. The highest BCUT2D eigenvalue weighted by Gasteiger charge is 2.34. The Morgan fingerprint density at radius 1 is 1.06 bits per heavy atom. The summed E-state index contributed by atoms with van der Waals surface area (Å²) in [6.45, 7) is 0.581. The zero-order valence-electron chi connectivity index (χ0n) is 19.8. The Bertz CT molecular complexity index is 1080. The van der Waals surface area contributed by atoms with Crippen molar-refractivity contribution in [2.24, 2.45) is 5.92 Å². The van der Waals surface area contributed by atoms with Gasteiger partial charge in [0.05, 0.1) is 6.04 Å². The lowest BCUT2D eigenvalue weighted by Gasteiger charge is -2.30. The fourth-order valence-electron chi connectivity index (χ4n) is 4.10. The van der Waals surface area contributed by atoms with Gasteiger partial charge in [-0.2, -0.15) is 12.6 Å². The summed E-state index contributed by atoms with van der Waals surface area (Å²) in [7, 11) is 0. The summed E-state index contributed by atoms with van der Waals surface area (Å²) in [6, 6.07) is 16.6. The van der Waals surface area contributed by atoms with Gasteiger partial charge in [0, 0.05) is 25.0 Å². The van der Waals surface area contributed by atoms with E-state index in [2.05, 4.69) is 28.6 Å². The Balaban J connectivity index is 1.75. The summed E-state index contributed by atoms with van der Waals surface area (Å²) < 4.78 is 0. The molecule has 4 atom stereocenters. The summed E-state index contributed by atoms with van der Waals surface area (Å²) >= 11 is 4.19. The number of hydrogen-bond acceptors (Lipinski definition) is 5. The number of carboxylic acids is 1. The standard InChI is InChI=1S/C27H31N3O5S/c31-23(14-13-18-8-3-1-4-9-18)29-22(16-19-10-5-2-6-11-19)26(33)30-21(24(36)27(34)35)17-20-12-7-15-28-25(20)32/h1-6,8-11,13-14,20-22,24,36H,7,12,15-17H2,(H,28,32)(H,29,31)(H,30,33)(H,34,35)/b14-13+/t20-,21-,22-,24?/m0/s1. The van der Waals surface area contributed by atoms with Gasteiger partial charge in [-0.25, -0.2) is 0 Å². The summed E-state index contributed by atoms with van der Waals surface area (Å²) in [6.07, 6.45) is 4.72. The van der Waals surface area contributed by atoms with Crippen LogP contribution in [-0.4, -0.2) is 52.7 Å². The number of amides is 3. The Hall–Kier alpha value is -3.59. The molecule has 2 aromatic rings. The number of nitrogens with one attached hydrogen (secondary N) is 3. The molecule has 1 heterocycles. The number of hydrogen-bond donors (Lipinski definition) is 5. The van der Waals surface area contributed by atoms with E-state index < -0.39 is 41.0 Å². The largest absolute Gasteiger partial charge is 0.480 e. The molecule has 190 valence electrons. The van der Waals surface area contributed by atoms with Gasteiger partial charge < -0.3 is 21.1 Å². The Labute approximate surface area is 216 Å². The zero-order chi connectivity index (χ0) is 25.9. The molecule has 1 saturated heterocycles. The topological polar surface area (TPSA) is 125 Å². The minimum atomic E-state index is -1.21. The summed E-state index contributed by atoms with van der Waals surface area (Å²) in [4.78, 5) is 50.0. The second kappa shape index (κ2) is 13.5. The molecular weight excluding hydrogens is 478 g/mol. The van der Waals surface area contributed by atoms with Crippen LogP contribution in [0.15, 0.2) is 66.7 Å². The first-order valence-electron chi connectivity index (χ1n) is 11.9. The number of carbonyl (C=O) groups is 4. The normalized spacial score (nSPS) is 18.0. The van der Waals surface area contributed by atoms with Gasteiger partial charge in [-0.15, -0.1) is 0 Å². The maximum absolute atomic E-state index is 13.3. The maximum atomic E-state index is 13.3. The Kier molecular flexibility index (Phi) is 10.1. The molecule has 3 amide bonds. The molecule has 3 rings (SSSR count). The van der Waals surface area contributed by atoms with Gasteiger partial charge in [-0.05, 0) is 36.5 Å². The molecule has 0 saturated carbocycles. The molecule has 2 aromatic carbocycles. The van der Waals surface area contributed by atoms with Gasteiger partial charge in [0.25, 0.3) is 0 Å². The van der Waals surface area contributed by atoms with Crippen LogP contribution in [0.2, 0.25) is 0 Å². The van der Waals surface area contributed by atoms with Gasteiger partial charge in [0.15, 0.2) is 0 Å². The number of carbonyl (C=O) groups excluding carboxylic acids is 3. The lowest BCUT2D eigenvalue weighted by atomic mass is 9.90. The average molecular weight is 510 g/mol. The number of thiol groups is 1. The van der Waals surface area contributed by atoms with Gasteiger partial charge >= 0.3 is 5.97 Å². The van der Waals surface area contributed by atoms with Crippen molar-refractivity contribution < 1.29 is 24.3 Å². The lowest BCUT2D eigenvalue weighted by Crippen LogP contribution is -2.54. The third-order valence-electron chi connectivity index (χ3n) is 6.04. The van der Waals surface area contributed by atoms with Gasteiger partial charge in [0.2, 0.25) is 17.7 Å². The van der Waals surface area contributed by atoms with Gasteiger partial charge in [0.1, 0.15) is 11.3 Å². The van der Waals surface area contributed by atoms with Crippen molar-refractivity contribution >= 4 is 42.4 Å². The van der Waals surface area contributed by atoms with Crippen molar-refractivity contribution in [3.8, 4) is 0 Å². The highest BCUT2D eigenvalue weighted by atomic mass is 32.1. The minimum absolute atomic E-state index is 0.137. The molecule has 36 heavy (non-hydrogen) atoms. The second-order valence-electron chi connectivity index (χ2n) is 8.76. The van der Waals surface area contributed by atoms with E-state index in [4.69, 9.17) is 0 Å². The monoisotopic (exact) mass is 509 g/mol. The van der Waals surface area contributed by atoms with Crippen LogP contribution in [0.4, 0.5) is 0 Å². The summed E-state index contributed by atoms with van der Waals surface area (Å²) in [5.41, 5.74) is 1.66. The van der Waals surface area contributed by atoms with Crippen LogP contribution in [0.5, 0.6) is 0 Å². The molecule has 1 fully saturated rings. The van der Waals surface area contributed by atoms with Crippen molar-refractivity contribution in [2.75, 3.05) is 6.54 Å². The van der Waals surface area contributed by atoms with E-state index >= 15 is 0 Å². The van der Waals surface area contributed by atoms with Crippen LogP contribution < -0.4 is 16.0 Å². The predicted molar refractivity (Wildman–Crippen MR) is 140 cm³/mol. The molecule has 1 unspecified atom stereocenters. The maximum Gasteiger partial charge on any atom is 0.318 e. The second-order valence-corrected chi connectivity index (χ2v) is 9.32. The van der Waals surface area contributed by atoms with E-state index in [-0.39, 0.29) is 18.7 Å². The third-order valence-corrected chi connectivity index (χ3v) is 6.62. The van der Waals surface area contributed by atoms with Crippen molar-refractivity contribution in [1.29, 1.82) is 0 Å². The van der Waals surface area contributed by atoms with E-state index in [0.717, 1.165) is 17.5 Å². The van der Waals surface area contributed by atoms with Crippen LogP contribution in [0, 0.1) is 5.92 Å². The highest BCUT2D eigenvalue weighted by molar-refractivity contribution is 7.81. The molecule has 0 spiro atoms. The predicted octanol–water partition coefficient (Wildman–Crippen LogP) is 2.21. The average Bonchev–Trinajstić information content (AvgIpc) is 2.88. The number of carboxylic acid groups (broad SMARTS) is 1. The number of benzene rings is 2. The van der Waals surface area contributed by atoms with Crippen LogP contribution >= 0.6 is 12.6 Å². The summed E-state index contributed by atoms with van der Waals surface area (Å²) in [5.74, 6) is -2.78. The SMILES string of the molecule is O=C(/C=C/c1ccccc1)N[C@@H](Cc1ccccc1)C(=O)N[C@@H](C[C@@H]1CCCNC1=O)C(S)C(=O)O. The number of rotatable bonds is 11. The molecule has 4 N–H and O–H groups in total. The molecule has 0 radical (unpaired) electrons. The van der Waals surface area contributed by atoms with E-state index in [1.54, 1.807) is 6.08 Å². The molecule has 8 nitrogen and oxygen atoms in total. The minimum Gasteiger partial charge on any atom is -0.480 e. The molecule has 0 bridgehead atoms. The molecular formula is C27H31N3O5S. The fourth-order valence-corrected chi connectivity index (χ4v) is 4.30. The first kappa shape index (κ1) is 27.0. The first-order chi connectivity index (χ1) is 17.3. The first-order valence-corrected chi connectivity index (χ1v) is 12.4. The van der Waals surface area contributed by atoms with E-state index in [0.29, 0.717) is 13.0 Å². The lowest BCUT2D eigenvalue weighted by molar-refractivity contribution is -0.138. The van der Waals surface area contributed by atoms with Crippen molar-refractivity contribution in [3.63, 3.8) is 0 Å². The Morgan fingerprint density at radius 2 is 1.72 bits per heavy atom. The smallest absolute Gasteiger partial charge is 0.318 e. The summed E-state index contributed by atoms with van der Waals surface area (Å²) in [5, 5.41) is 16.6. The molecule has 0 aliphatic carbocycles.